The normalized spacial score (nSPS) is 14.5. The summed E-state index contributed by atoms with van der Waals surface area (Å²) >= 11 is 6.05. The van der Waals surface area contributed by atoms with Gasteiger partial charge in [0.2, 0.25) is 0 Å². The van der Waals surface area contributed by atoms with Crippen molar-refractivity contribution in [3.63, 3.8) is 0 Å². The Morgan fingerprint density at radius 1 is 1.06 bits per heavy atom. The smallest absolute Gasteiger partial charge is 0.309 e. The molecule has 1 aromatic heterocycles. The molecule has 160 valence electrons. The quantitative estimate of drug-likeness (QED) is 0.547. The van der Waals surface area contributed by atoms with Gasteiger partial charge in [0.15, 0.2) is 0 Å². The molecule has 0 spiro atoms. The van der Waals surface area contributed by atoms with Crippen LogP contribution in [0.3, 0.4) is 0 Å². The first-order valence-electron chi connectivity index (χ1n) is 10.4. The molecule has 7 heteroatoms. The molecule has 1 fully saturated rings. The molecule has 0 saturated carbocycles. The van der Waals surface area contributed by atoms with Crippen molar-refractivity contribution in [3.05, 3.63) is 71.4 Å². The highest BCUT2D eigenvalue weighted by atomic mass is 35.5. The number of carbonyl (C=O) groups excluding carboxylic acids is 2. The first-order chi connectivity index (χ1) is 15.1. The molecule has 1 saturated heterocycles. The Morgan fingerprint density at radius 3 is 2.39 bits per heavy atom. The maximum Gasteiger partial charge on any atom is 0.309 e. The fourth-order valence-electron chi connectivity index (χ4n) is 3.81. The molecule has 0 N–H and O–H groups in total. The van der Waals surface area contributed by atoms with Crippen LogP contribution in [-0.4, -0.2) is 46.3 Å². The van der Waals surface area contributed by atoms with Gasteiger partial charge in [0, 0.05) is 29.9 Å². The number of nitrogens with zero attached hydrogens (tertiary/aromatic N) is 3. The van der Waals surface area contributed by atoms with E-state index in [0.717, 1.165) is 11.3 Å². The van der Waals surface area contributed by atoms with E-state index in [0.29, 0.717) is 48.8 Å². The third-order valence-corrected chi connectivity index (χ3v) is 5.74. The van der Waals surface area contributed by atoms with E-state index in [4.69, 9.17) is 21.4 Å². The van der Waals surface area contributed by atoms with E-state index < -0.39 is 0 Å². The summed E-state index contributed by atoms with van der Waals surface area (Å²) in [4.78, 5) is 27.3. The van der Waals surface area contributed by atoms with E-state index in [1.165, 1.54) is 0 Å². The van der Waals surface area contributed by atoms with E-state index in [-0.39, 0.29) is 17.8 Å². The third-order valence-electron chi connectivity index (χ3n) is 5.49. The van der Waals surface area contributed by atoms with Crippen LogP contribution in [0.1, 0.15) is 30.1 Å². The molecule has 4 rings (SSSR count). The number of benzene rings is 2. The largest absolute Gasteiger partial charge is 0.466 e. The van der Waals surface area contributed by atoms with Crippen LogP contribution >= 0.6 is 11.6 Å². The van der Waals surface area contributed by atoms with E-state index in [2.05, 4.69) is 0 Å². The van der Waals surface area contributed by atoms with Crippen LogP contribution < -0.4 is 0 Å². The summed E-state index contributed by atoms with van der Waals surface area (Å²) in [6, 6.07) is 17.0. The van der Waals surface area contributed by atoms with Crippen molar-refractivity contribution in [1.29, 1.82) is 0 Å². The average molecular weight is 438 g/mol. The minimum Gasteiger partial charge on any atom is -0.466 e. The number of hydrogen-bond acceptors (Lipinski definition) is 4. The number of likely N-dealkylation sites (tertiary alicyclic amines) is 1. The summed E-state index contributed by atoms with van der Waals surface area (Å²) in [7, 11) is 0. The molecule has 0 bridgehead atoms. The van der Waals surface area contributed by atoms with E-state index in [9.17, 15) is 9.59 Å². The van der Waals surface area contributed by atoms with E-state index in [1.54, 1.807) is 34.8 Å². The Bertz CT molecular complexity index is 1060. The number of halogens is 1. The second-order valence-corrected chi connectivity index (χ2v) is 7.93. The summed E-state index contributed by atoms with van der Waals surface area (Å²) in [5.41, 5.74) is 2.83. The Balaban J connectivity index is 1.62. The summed E-state index contributed by atoms with van der Waals surface area (Å²) < 4.78 is 6.86. The summed E-state index contributed by atoms with van der Waals surface area (Å²) in [6.07, 6.45) is 2.99. The Morgan fingerprint density at radius 2 is 1.74 bits per heavy atom. The summed E-state index contributed by atoms with van der Waals surface area (Å²) in [5, 5.41) is 5.34. The van der Waals surface area contributed by atoms with Crippen LogP contribution in [-0.2, 0) is 9.53 Å². The van der Waals surface area contributed by atoms with Gasteiger partial charge in [0.1, 0.15) is 5.69 Å². The Hall–Kier alpha value is -3.12. The van der Waals surface area contributed by atoms with Crippen molar-refractivity contribution < 1.29 is 14.3 Å². The SMILES string of the molecule is CCOC(=O)C1CCN(C(=O)c2cn(-c3ccccc3)nc2-c2ccc(Cl)cc2)CC1. The predicted octanol–water partition coefficient (Wildman–Crippen LogP) is 4.61. The zero-order valence-corrected chi connectivity index (χ0v) is 18.1. The van der Waals surface area contributed by atoms with Crippen molar-refractivity contribution in [1.82, 2.24) is 14.7 Å². The number of para-hydroxylation sites is 1. The van der Waals surface area contributed by atoms with Crippen LogP contribution in [0.4, 0.5) is 0 Å². The standard InChI is InChI=1S/C24H24ClN3O3/c1-2-31-24(30)18-12-14-27(15-13-18)23(29)21-16-28(20-6-4-3-5-7-20)26-22(21)17-8-10-19(25)11-9-17/h3-11,16,18H,2,12-15H2,1H3. The number of piperidine rings is 1. The summed E-state index contributed by atoms with van der Waals surface area (Å²) in [5.74, 6) is -0.408. The number of amides is 1. The molecule has 1 aliphatic heterocycles. The minimum absolute atomic E-state index is 0.0885. The minimum atomic E-state index is -0.173. The molecular weight excluding hydrogens is 414 g/mol. The first kappa shape index (κ1) is 21.1. The number of carbonyl (C=O) groups is 2. The van der Waals surface area contributed by atoms with E-state index >= 15 is 0 Å². The molecule has 0 aliphatic carbocycles. The van der Waals surface area contributed by atoms with Crippen molar-refractivity contribution in [3.8, 4) is 16.9 Å². The topological polar surface area (TPSA) is 64.4 Å². The number of rotatable bonds is 5. The fourth-order valence-corrected chi connectivity index (χ4v) is 3.94. The lowest BCUT2D eigenvalue weighted by molar-refractivity contribution is -0.149. The average Bonchev–Trinajstić information content (AvgIpc) is 3.25. The molecular formula is C24H24ClN3O3. The number of esters is 1. The lowest BCUT2D eigenvalue weighted by Gasteiger charge is -2.30. The molecule has 2 heterocycles. The lowest BCUT2D eigenvalue weighted by Crippen LogP contribution is -2.40. The highest BCUT2D eigenvalue weighted by molar-refractivity contribution is 6.30. The predicted molar refractivity (Wildman–Crippen MR) is 119 cm³/mol. The monoisotopic (exact) mass is 437 g/mol. The molecule has 0 unspecified atom stereocenters. The second-order valence-electron chi connectivity index (χ2n) is 7.50. The number of hydrogen-bond donors (Lipinski definition) is 0. The van der Waals surface area contributed by atoms with Crippen molar-refractivity contribution >= 4 is 23.5 Å². The molecule has 1 amide bonds. The molecule has 31 heavy (non-hydrogen) atoms. The van der Waals surface area contributed by atoms with Gasteiger partial charge < -0.3 is 9.64 Å². The van der Waals surface area contributed by atoms with Crippen molar-refractivity contribution in [2.24, 2.45) is 5.92 Å². The van der Waals surface area contributed by atoms with Crippen LogP contribution in [0.15, 0.2) is 60.8 Å². The number of ether oxygens (including phenoxy) is 1. The van der Waals surface area contributed by atoms with Gasteiger partial charge in [-0.05, 0) is 44.0 Å². The zero-order valence-electron chi connectivity index (χ0n) is 17.3. The van der Waals surface area contributed by atoms with Gasteiger partial charge in [-0.3, -0.25) is 9.59 Å². The van der Waals surface area contributed by atoms with Crippen LogP contribution in [0.25, 0.3) is 16.9 Å². The molecule has 0 radical (unpaired) electrons. The zero-order chi connectivity index (χ0) is 21.8. The van der Waals surface area contributed by atoms with E-state index in [1.807, 2.05) is 42.5 Å². The van der Waals surface area contributed by atoms with Crippen LogP contribution in [0, 0.1) is 5.92 Å². The first-order valence-corrected chi connectivity index (χ1v) is 10.8. The van der Waals surface area contributed by atoms with Gasteiger partial charge in [-0.15, -0.1) is 0 Å². The molecule has 0 atom stereocenters. The molecule has 3 aromatic rings. The number of aromatic nitrogens is 2. The molecule has 2 aromatic carbocycles. The maximum atomic E-state index is 13.4. The maximum absolute atomic E-state index is 13.4. The Kier molecular flexibility index (Phi) is 6.37. The molecule has 1 aliphatic rings. The van der Waals surface area contributed by atoms with Crippen molar-refractivity contribution in [2.45, 2.75) is 19.8 Å². The Labute approximate surface area is 186 Å². The highest BCUT2D eigenvalue weighted by Gasteiger charge is 2.30. The fraction of sp³-hybridized carbons (Fsp3) is 0.292. The van der Waals surface area contributed by atoms with Gasteiger partial charge >= 0.3 is 5.97 Å². The van der Waals surface area contributed by atoms with Crippen molar-refractivity contribution in [2.75, 3.05) is 19.7 Å². The lowest BCUT2D eigenvalue weighted by atomic mass is 9.96. The van der Waals surface area contributed by atoms with Gasteiger partial charge in [-0.25, -0.2) is 4.68 Å². The van der Waals surface area contributed by atoms with Crippen LogP contribution in [0.5, 0.6) is 0 Å². The second kappa shape index (κ2) is 9.35. The van der Waals surface area contributed by atoms with Gasteiger partial charge in [-0.2, -0.15) is 5.10 Å². The summed E-state index contributed by atoms with van der Waals surface area (Å²) in [6.45, 7) is 3.21. The highest BCUT2D eigenvalue weighted by Crippen LogP contribution is 2.28. The van der Waals surface area contributed by atoms with Gasteiger partial charge in [0.05, 0.1) is 23.8 Å². The third kappa shape index (κ3) is 4.64. The van der Waals surface area contributed by atoms with Gasteiger partial charge in [0.25, 0.3) is 5.91 Å². The van der Waals surface area contributed by atoms with Gasteiger partial charge in [-0.1, -0.05) is 41.9 Å². The van der Waals surface area contributed by atoms with Crippen LogP contribution in [0.2, 0.25) is 5.02 Å². The molecule has 6 nitrogen and oxygen atoms in total.